The third kappa shape index (κ3) is 3.59. The van der Waals surface area contributed by atoms with E-state index in [2.05, 4.69) is 17.4 Å². The summed E-state index contributed by atoms with van der Waals surface area (Å²) in [7, 11) is 1.59. The number of hydrogen-bond acceptors (Lipinski definition) is 3. The minimum atomic E-state index is -0.200. The molecule has 4 nitrogen and oxygen atoms in total. The van der Waals surface area contributed by atoms with Crippen LogP contribution in [0.2, 0.25) is 0 Å². The molecule has 0 aliphatic carbocycles. The first-order valence-corrected chi connectivity index (χ1v) is 8.08. The highest BCUT2D eigenvalue weighted by Gasteiger charge is 2.16. The van der Waals surface area contributed by atoms with Crippen LogP contribution in [0, 0.1) is 0 Å². The van der Waals surface area contributed by atoms with E-state index >= 15 is 0 Å². The predicted octanol–water partition coefficient (Wildman–Crippen LogP) is 4.19. The normalized spacial score (nSPS) is 12.1. The summed E-state index contributed by atoms with van der Waals surface area (Å²) in [6, 6.07) is 17.7. The smallest absolute Gasteiger partial charge is 0.287 e. The molecule has 0 unspecified atom stereocenters. The topological polar surface area (TPSA) is 51.5 Å². The fraction of sp³-hybridized carbons (Fsp3) is 0.250. The molecule has 24 heavy (non-hydrogen) atoms. The summed E-state index contributed by atoms with van der Waals surface area (Å²) in [6.07, 6.45) is 1.80. The summed E-state index contributed by atoms with van der Waals surface area (Å²) in [5, 5.41) is 3.85. The lowest BCUT2D eigenvalue weighted by Crippen LogP contribution is -2.32. The zero-order valence-corrected chi connectivity index (χ0v) is 13.9. The van der Waals surface area contributed by atoms with Gasteiger partial charge in [0.05, 0.1) is 7.11 Å². The third-order valence-electron chi connectivity index (χ3n) is 4.04. The number of carbonyl (C=O) groups excluding carboxylic acids is 1. The summed E-state index contributed by atoms with van der Waals surface area (Å²) >= 11 is 0. The molecule has 1 heterocycles. The fourth-order valence-corrected chi connectivity index (χ4v) is 2.70. The number of carbonyl (C=O) groups is 1. The quantitative estimate of drug-likeness (QED) is 0.740. The van der Waals surface area contributed by atoms with Crippen molar-refractivity contribution in [1.82, 2.24) is 5.32 Å². The fourth-order valence-electron chi connectivity index (χ4n) is 2.70. The summed E-state index contributed by atoms with van der Waals surface area (Å²) < 4.78 is 10.9. The first kappa shape index (κ1) is 16.1. The van der Waals surface area contributed by atoms with E-state index in [0.717, 1.165) is 18.2 Å². The number of amides is 1. The predicted molar refractivity (Wildman–Crippen MR) is 94.5 cm³/mol. The molecule has 0 fully saturated rings. The number of para-hydroxylation sites is 1. The minimum Gasteiger partial charge on any atom is -0.493 e. The van der Waals surface area contributed by atoms with Gasteiger partial charge in [0.25, 0.3) is 5.91 Å². The Morgan fingerprint density at radius 1 is 1.17 bits per heavy atom. The highest BCUT2D eigenvalue weighted by Crippen LogP contribution is 2.28. The molecule has 3 rings (SSSR count). The lowest BCUT2D eigenvalue weighted by Gasteiger charge is -2.12. The monoisotopic (exact) mass is 323 g/mol. The number of furan rings is 1. The van der Waals surface area contributed by atoms with Gasteiger partial charge >= 0.3 is 0 Å². The molecule has 3 aromatic rings. The maximum Gasteiger partial charge on any atom is 0.287 e. The van der Waals surface area contributed by atoms with Crippen LogP contribution in [0.1, 0.15) is 29.5 Å². The molecule has 1 amide bonds. The molecule has 124 valence electrons. The van der Waals surface area contributed by atoms with Gasteiger partial charge in [-0.1, -0.05) is 42.5 Å². The van der Waals surface area contributed by atoms with E-state index in [4.69, 9.17) is 9.15 Å². The molecular weight excluding hydrogens is 302 g/mol. The lowest BCUT2D eigenvalue weighted by atomic mass is 10.1. The van der Waals surface area contributed by atoms with Crippen LogP contribution in [0.25, 0.3) is 11.0 Å². The van der Waals surface area contributed by atoms with E-state index in [1.807, 2.05) is 43.3 Å². The average molecular weight is 323 g/mol. The Kier molecular flexibility index (Phi) is 4.85. The average Bonchev–Trinajstić information content (AvgIpc) is 3.05. The summed E-state index contributed by atoms with van der Waals surface area (Å²) in [5.41, 5.74) is 1.87. The molecule has 4 heteroatoms. The van der Waals surface area contributed by atoms with Crippen molar-refractivity contribution < 1.29 is 13.9 Å². The molecule has 1 aromatic heterocycles. The Labute approximate surface area is 141 Å². The summed E-state index contributed by atoms with van der Waals surface area (Å²) in [6.45, 7) is 2.00. The van der Waals surface area contributed by atoms with Crippen molar-refractivity contribution in [3.05, 3.63) is 65.9 Å². The highest BCUT2D eigenvalue weighted by molar-refractivity contribution is 5.97. The van der Waals surface area contributed by atoms with Gasteiger partial charge in [0, 0.05) is 11.4 Å². The SMILES string of the molecule is COc1cccc2cc(C(=O)N[C@H](C)CCc3ccccc3)oc12. The van der Waals surface area contributed by atoms with Crippen LogP contribution in [0.5, 0.6) is 5.75 Å². The number of hydrogen-bond donors (Lipinski definition) is 1. The third-order valence-corrected chi connectivity index (χ3v) is 4.04. The maximum absolute atomic E-state index is 12.4. The second kappa shape index (κ2) is 7.21. The Balaban J connectivity index is 1.64. The second-order valence-corrected chi connectivity index (χ2v) is 5.89. The molecule has 1 N–H and O–H groups in total. The Bertz CT molecular complexity index is 823. The van der Waals surface area contributed by atoms with E-state index in [1.54, 1.807) is 13.2 Å². The molecule has 1 atom stereocenters. The Hall–Kier alpha value is -2.75. The van der Waals surface area contributed by atoms with Crippen LogP contribution in [-0.4, -0.2) is 19.1 Å². The summed E-state index contributed by atoms with van der Waals surface area (Å²) in [4.78, 5) is 12.4. The second-order valence-electron chi connectivity index (χ2n) is 5.89. The van der Waals surface area contributed by atoms with Crippen LogP contribution in [0.3, 0.4) is 0 Å². The van der Waals surface area contributed by atoms with Crippen molar-refractivity contribution in [2.45, 2.75) is 25.8 Å². The van der Waals surface area contributed by atoms with Gasteiger partial charge in [-0.05, 0) is 37.5 Å². The highest BCUT2D eigenvalue weighted by atomic mass is 16.5. The number of benzene rings is 2. The molecule has 0 saturated heterocycles. The number of aryl methyl sites for hydroxylation is 1. The van der Waals surface area contributed by atoms with Crippen LogP contribution in [-0.2, 0) is 6.42 Å². The van der Waals surface area contributed by atoms with Crippen molar-refractivity contribution >= 4 is 16.9 Å². The molecule has 0 aliphatic rings. The van der Waals surface area contributed by atoms with E-state index in [9.17, 15) is 4.79 Å². The first-order valence-electron chi connectivity index (χ1n) is 8.08. The largest absolute Gasteiger partial charge is 0.493 e. The van der Waals surface area contributed by atoms with Gasteiger partial charge in [-0.2, -0.15) is 0 Å². The molecule has 0 saturated carbocycles. The number of ether oxygens (including phenoxy) is 1. The van der Waals surface area contributed by atoms with Crippen LogP contribution in [0.15, 0.2) is 59.0 Å². The lowest BCUT2D eigenvalue weighted by molar-refractivity contribution is 0.0912. The van der Waals surface area contributed by atoms with Gasteiger partial charge in [-0.3, -0.25) is 4.79 Å². The summed E-state index contributed by atoms with van der Waals surface area (Å²) in [5.74, 6) is 0.735. The van der Waals surface area contributed by atoms with Gasteiger partial charge < -0.3 is 14.5 Å². The molecule has 0 aliphatic heterocycles. The minimum absolute atomic E-state index is 0.0628. The maximum atomic E-state index is 12.4. The van der Waals surface area contributed by atoms with Crippen molar-refractivity contribution in [2.75, 3.05) is 7.11 Å². The van der Waals surface area contributed by atoms with Gasteiger partial charge in [-0.25, -0.2) is 0 Å². The van der Waals surface area contributed by atoms with E-state index < -0.39 is 0 Å². The Morgan fingerprint density at radius 2 is 1.96 bits per heavy atom. The number of fused-ring (bicyclic) bond motifs is 1. The van der Waals surface area contributed by atoms with Crippen LogP contribution in [0.4, 0.5) is 0 Å². The van der Waals surface area contributed by atoms with Crippen molar-refractivity contribution in [1.29, 1.82) is 0 Å². The van der Waals surface area contributed by atoms with Crippen molar-refractivity contribution in [3.8, 4) is 5.75 Å². The van der Waals surface area contributed by atoms with E-state index in [-0.39, 0.29) is 11.9 Å². The Morgan fingerprint density at radius 3 is 2.71 bits per heavy atom. The first-order chi connectivity index (χ1) is 11.7. The van der Waals surface area contributed by atoms with Crippen molar-refractivity contribution in [2.24, 2.45) is 0 Å². The molecular formula is C20H21NO3. The van der Waals surface area contributed by atoms with Crippen molar-refractivity contribution in [3.63, 3.8) is 0 Å². The van der Waals surface area contributed by atoms with Gasteiger partial charge in [-0.15, -0.1) is 0 Å². The number of methoxy groups -OCH3 is 1. The van der Waals surface area contributed by atoms with Gasteiger partial charge in [0.15, 0.2) is 17.1 Å². The molecule has 2 aromatic carbocycles. The molecule has 0 spiro atoms. The van der Waals surface area contributed by atoms with Crippen LogP contribution >= 0.6 is 0 Å². The zero-order chi connectivity index (χ0) is 16.9. The molecule has 0 bridgehead atoms. The number of nitrogens with one attached hydrogen (secondary N) is 1. The van der Waals surface area contributed by atoms with Crippen LogP contribution < -0.4 is 10.1 Å². The van der Waals surface area contributed by atoms with Gasteiger partial charge in [0.1, 0.15) is 0 Å². The van der Waals surface area contributed by atoms with Gasteiger partial charge in [0.2, 0.25) is 0 Å². The number of rotatable bonds is 6. The molecule has 0 radical (unpaired) electrons. The van der Waals surface area contributed by atoms with E-state index in [1.165, 1.54) is 5.56 Å². The van der Waals surface area contributed by atoms with E-state index in [0.29, 0.717) is 17.1 Å². The zero-order valence-electron chi connectivity index (χ0n) is 13.9. The standard InChI is InChI=1S/C20H21NO3/c1-14(11-12-15-7-4-3-5-8-15)21-20(22)18-13-16-9-6-10-17(23-2)19(16)24-18/h3-10,13-14H,11-12H2,1-2H3,(H,21,22)/t14-/m1/s1.